The summed E-state index contributed by atoms with van der Waals surface area (Å²) in [5.41, 5.74) is 4.63. The largest absolute Gasteiger partial charge is 0.474 e. The molecule has 0 radical (unpaired) electrons. The molecule has 2 unspecified atom stereocenters. The van der Waals surface area contributed by atoms with Crippen LogP contribution in [0.5, 0.6) is 5.88 Å². The molecule has 0 bridgehead atoms. The molecule has 10 nitrogen and oxygen atoms in total. The number of anilines is 2. The Labute approximate surface area is 243 Å². The van der Waals surface area contributed by atoms with E-state index in [0.29, 0.717) is 37.2 Å². The number of amides is 1. The van der Waals surface area contributed by atoms with Crippen molar-refractivity contribution in [3.05, 3.63) is 35.6 Å². The summed E-state index contributed by atoms with van der Waals surface area (Å²) in [5.74, 6) is 1.57. The van der Waals surface area contributed by atoms with Crippen LogP contribution >= 0.6 is 0 Å². The van der Waals surface area contributed by atoms with Crippen molar-refractivity contribution in [3.8, 4) is 5.88 Å². The fourth-order valence-corrected chi connectivity index (χ4v) is 6.26. The first kappa shape index (κ1) is 27.8. The Hall–Kier alpha value is -3.40. The molecule has 4 aliphatic heterocycles. The van der Waals surface area contributed by atoms with Crippen molar-refractivity contribution in [2.75, 3.05) is 62.2 Å². The number of fused-ring (bicyclic) bond motifs is 2. The van der Waals surface area contributed by atoms with Gasteiger partial charge in [0.25, 0.3) is 0 Å². The zero-order valence-electron chi connectivity index (χ0n) is 24.9. The van der Waals surface area contributed by atoms with Gasteiger partial charge in [0.15, 0.2) is 0 Å². The van der Waals surface area contributed by atoms with Crippen LogP contribution in [0, 0.1) is 12.8 Å². The van der Waals surface area contributed by atoms with Crippen LogP contribution in [0.2, 0.25) is 0 Å². The number of hydrogen-bond donors (Lipinski definition) is 1. The molecule has 220 valence electrons. The zero-order valence-corrected chi connectivity index (χ0v) is 24.9. The third kappa shape index (κ3) is 6.27. The number of carbonyl (C=O) groups excluding carboxylic acids is 1. The van der Waals surface area contributed by atoms with Crippen molar-refractivity contribution in [1.29, 1.82) is 0 Å². The molecule has 2 fully saturated rings. The third-order valence-corrected chi connectivity index (χ3v) is 8.40. The summed E-state index contributed by atoms with van der Waals surface area (Å²) >= 11 is 0. The lowest BCUT2D eigenvalue weighted by molar-refractivity contribution is 0.0566. The molecule has 5 heterocycles. The molecule has 1 aromatic heterocycles. The molecule has 1 aliphatic carbocycles. The lowest BCUT2D eigenvalue weighted by Crippen LogP contribution is -2.46. The number of carbonyl (C=O) groups is 1. The Kier molecular flexibility index (Phi) is 7.76. The van der Waals surface area contributed by atoms with Gasteiger partial charge in [-0.2, -0.15) is 0 Å². The average Bonchev–Trinajstić information content (AvgIpc) is 3.46. The Morgan fingerprint density at radius 1 is 1.20 bits per heavy atom. The molecule has 2 atom stereocenters. The quantitative estimate of drug-likeness (QED) is 0.592. The maximum Gasteiger partial charge on any atom is 0.415 e. The molecule has 5 aliphatic rings. The molecule has 6 rings (SSSR count). The molecule has 1 N–H and O–H groups in total. The summed E-state index contributed by atoms with van der Waals surface area (Å²) in [5, 5.41) is 3.56. The van der Waals surface area contributed by atoms with Crippen molar-refractivity contribution in [2.45, 2.75) is 65.0 Å². The lowest BCUT2D eigenvalue weighted by atomic mass is 9.93. The van der Waals surface area contributed by atoms with E-state index in [4.69, 9.17) is 19.5 Å². The summed E-state index contributed by atoms with van der Waals surface area (Å²) in [7, 11) is 0. The van der Waals surface area contributed by atoms with Crippen molar-refractivity contribution >= 4 is 29.1 Å². The van der Waals surface area contributed by atoms with Gasteiger partial charge < -0.3 is 19.7 Å². The number of nitrogens with one attached hydrogen (secondary N) is 1. The number of nitrogens with zero attached hydrogens (tertiary/aromatic N) is 6. The molecular formula is C31H43N7O3. The first-order valence-corrected chi connectivity index (χ1v) is 15.1. The van der Waals surface area contributed by atoms with Crippen LogP contribution in [0.25, 0.3) is 0 Å². The van der Waals surface area contributed by atoms with Crippen LogP contribution in [0.3, 0.4) is 0 Å². The highest BCUT2D eigenvalue weighted by Gasteiger charge is 2.34. The predicted octanol–water partition coefficient (Wildman–Crippen LogP) is 4.10. The van der Waals surface area contributed by atoms with E-state index in [9.17, 15) is 4.79 Å². The van der Waals surface area contributed by atoms with Gasteiger partial charge in [0.05, 0.1) is 37.6 Å². The van der Waals surface area contributed by atoms with E-state index in [2.05, 4.69) is 38.3 Å². The third-order valence-electron chi connectivity index (χ3n) is 8.40. The minimum absolute atomic E-state index is 0.211. The fourth-order valence-electron chi connectivity index (χ4n) is 6.26. The molecular weight excluding hydrogens is 518 g/mol. The number of piperidine rings is 1. The van der Waals surface area contributed by atoms with Gasteiger partial charge in [0.2, 0.25) is 11.8 Å². The van der Waals surface area contributed by atoms with E-state index >= 15 is 0 Å². The SMILES string of the molecule is Cc1c(N2CCC3CN=C(NC4C=CC(CN5CCCC5)=CC4)N=C3C2)cnc2c1N(C(=O)OC(C)(C)C)CCO2. The maximum atomic E-state index is 13.1. The summed E-state index contributed by atoms with van der Waals surface area (Å²) in [6.45, 7) is 14.3. The highest BCUT2D eigenvalue weighted by molar-refractivity contribution is 6.03. The molecule has 0 aromatic carbocycles. The molecule has 2 saturated heterocycles. The summed E-state index contributed by atoms with van der Waals surface area (Å²) in [4.78, 5) is 34.0. The Morgan fingerprint density at radius 3 is 2.78 bits per heavy atom. The van der Waals surface area contributed by atoms with Gasteiger partial charge in [-0.3, -0.25) is 14.8 Å². The second-order valence-corrected chi connectivity index (χ2v) is 12.7. The van der Waals surface area contributed by atoms with Gasteiger partial charge >= 0.3 is 6.09 Å². The second-order valence-electron chi connectivity index (χ2n) is 12.7. The number of pyridine rings is 1. The number of aliphatic imine (C=N–C) groups is 2. The number of guanidine groups is 1. The monoisotopic (exact) mass is 561 g/mol. The molecule has 0 saturated carbocycles. The summed E-state index contributed by atoms with van der Waals surface area (Å²) < 4.78 is 11.5. The van der Waals surface area contributed by atoms with Gasteiger partial charge in [-0.1, -0.05) is 18.2 Å². The lowest BCUT2D eigenvalue weighted by Gasteiger charge is -2.38. The van der Waals surface area contributed by atoms with Crippen LogP contribution in [0.4, 0.5) is 16.2 Å². The molecule has 41 heavy (non-hydrogen) atoms. The number of rotatable bonds is 4. The molecule has 0 spiro atoms. The van der Waals surface area contributed by atoms with Gasteiger partial charge in [0.1, 0.15) is 17.9 Å². The minimum atomic E-state index is -0.581. The summed E-state index contributed by atoms with van der Waals surface area (Å²) in [6, 6.07) is 0.211. The van der Waals surface area contributed by atoms with Gasteiger partial charge in [0, 0.05) is 30.3 Å². The highest BCUT2D eigenvalue weighted by atomic mass is 16.6. The van der Waals surface area contributed by atoms with Gasteiger partial charge in [-0.15, -0.1) is 0 Å². The van der Waals surface area contributed by atoms with Crippen molar-refractivity contribution in [3.63, 3.8) is 0 Å². The molecule has 1 amide bonds. The van der Waals surface area contributed by atoms with E-state index < -0.39 is 5.60 Å². The average molecular weight is 562 g/mol. The molecule has 10 heteroatoms. The van der Waals surface area contributed by atoms with Crippen molar-refractivity contribution < 1.29 is 14.3 Å². The Morgan fingerprint density at radius 2 is 2.02 bits per heavy atom. The van der Waals surface area contributed by atoms with Crippen LogP contribution in [0.1, 0.15) is 52.0 Å². The Balaban J connectivity index is 1.13. The summed E-state index contributed by atoms with van der Waals surface area (Å²) in [6.07, 6.45) is 12.9. The topological polar surface area (TPSA) is 94.9 Å². The first-order chi connectivity index (χ1) is 19.7. The van der Waals surface area contributed by atoms with E-state index in [0.717, 1.165) is 55.4 Å². The van der Waals surface area contributed by atoms with Crippen LogP contribution in [-0.4, -0.2) is 91.7 Å². The smallest absolute Gasteiger partial charge is 0.415 e. The van der Waals surface area contributed by atoms with Crippen molar-refractivity contribution in [1.82, 2.24) is 15.2 Å². The van der Waals surface area contributed by atoms with Crippen LogP contribution < -0.4 is 19.9 Å². The normalized spacial score (nSPS) is 24.5. The number of hydrogen-bond acceptors (Lipinski definition) is 9. The van der Waals surface area contributed by atoms with E-state index in [-0.39, 0.29) is 12.1 Å². The van der Waals surface area contributed by atoms with Crippen LogP contribution in [0.15, 0.2) is 40.0 Å². The predicted molar refractivity (Wildman–Crippen MR) is 163 cm³/mol. The zero-order chi connectivity index (χ0) is 28.6. The Bertz CT molecular complexity index is 1290. The number of aromatic nitrogens is 1. The first-order valence-electron chi connectivity index (χ1n) is 15.1. The minimum Gasteiger partial charge on any atom is -0.474 e. The van der Waals surface area contributed by atoms with E-state index in [1.54, 1.807) is 4.90 Å². The highest BCUT2D eigenvalue weighted by Crippen LogP contribution is 2.39. The maximum absolute atomic E-state index is 13.1. The second kappa shape index (κ2) is 11.5. The van der Waals surface area contributed by atoms with Crippen molar-refractivity contribution in [2.24, 2.45) is 15.9 Å². The van der Waals surface area contributed by atoms with Crippen LogP contribution in [-0.2, 0) is 4.74 Å². The fraction of sp³-hybridized carbons (Fsp3) is 0.613. The van der Waals surface area contributed by atoms with E-state index in [1.807, 2.05) is 33.9 Å². The van der Waals surface area contributed by atoms with Gasteiger partial charge in [-0.05, 0) is 72.0 Å². The number of ether oxygens (including phenoxy) is 2. The van der Waals surface area contributed by atoms with Gasteiger partial charge in [-0.25, -0.2) is 14.8 Å². The standard InChI is InChI=1S/C31H43N7O3/c1-21-26(18-32-28-27(21)38(15-16-40-28)30(39)41-31(2,3)4)37-14-11-23-17-33-29(35-25(23)20-37)34-24-9-7-22(8-10-24)19-36-12-5-6-13-36/h7-9,18,23-24H,5-6,10-17,19-20H2,1-4H3,(H,33,34). The molecule has 1 aromatic rings. The van der Waals surface area contributed by atoms with E-state index in [1.165, 1.54) is 31.5 Å². The number of likely N-dealkylation sites (tertiary alicyclic amines) is 1.